The lowest BCUT2D eigenvalue weighted by atomic mass is 10.2. The molecule has 5 heteroatoms. The van der Waals surface area contributed by atoms with Gasteiger partial charge in [0.2, 0.25) is 10.0 Å². The van der Waals surface area contributed by atoms with E-state index in [1.165, 1.54) is 4.31 Å². The second kappa shape index (κ2) is 5.86. The Labute approximate surface area is 118 Å². The first kappa shape index (κ1) is 14.2. The Balaban J connectivity index is 2.34. The van der Waals surface area contributed by atoms with Crippen LogP contribution in [0.2, 0.25) is 0 Å². The van der Waals surface area contributed by atoms with Crippen LogP contribution in [0.15, 0.2) is 46.7 Å². The predicted octanol–water partition coefficient (Wildman–Crippen LogP) is 3.27. The second-order valence-electron chi connectivity index (χ2n) is 4.28. The third kappa shape index (κ3) is 3.05. The fourth-order valence-electron chi connectivity index (χ4n) is 1.93. The molecule has 2 rings (SSSR count). The average molecular weight is 295 g/mol. The Morgan fingerprint density at radius 1 is 1.16 bits per heavy atom. The topological polar surface area (TPSA) is 37.4 Å². The summed E-state index contributed by atoms with van der Waals surface area (Å²) in [5.41, 5.74) is 0.784. The molecule has 0 atom stereocenters. The molecule has 0 aliphatic carbocycles. The summed E-state index contributed by atoms with van der Waals surface area (Å²) in [5, 5.41) is 1.96. The maximum Gasteiger partial charge on any atom is 0.243 e. The minimum absolute atomic E-state index is 0.397. The average Bonchev–Trinajstić information content (AvgIpc) is 2.89. The second-order valence-corrected chi connectivity index (χ2v) is 7.21. The molecular weight excluding hydrogens is 278 g/mol. The number of benzene rings is 1. The van der Waals surface area contributed by atoms with Gasteiger partial charge in [-0.3, -0.25) is 0 Å². The molecule has 0 amide bonds. The Morgan fingerprint density at radius 2 is 1.89 bits per heavy atom. The molecule has 19 heavy (non-hydrogen) atoms. The molecule has 0 unspecified atom stereocenters. The van der Waals surface area contributed by atoms with Crippen LogP contribution in [0.5, 0.6) is 0 Å². The molecule has 3 nitrogen and oxygen atoms in total. The van der Waals surface area contributed by atoms with Gasteiger partial charge in [0, 0.05) is 18.0 Å². The Hall–Kier alpha value is -1.17. The summed E-state index contributed by atoms with van der Waals surface area (Å²) < 4.78 is 26.8. The highest BCUT2D eigenvalue weighted by molar-refractivity contribution is 7.89. The van der Waals surface area contributed by atoms with Crippen LogP contribution in [-0.4, -0.2) is 19.3 Å². The summed E-state index contributed by atoms with van der Waals surface area (Å²) in [7, 11) is -3.42. The Kier molecular flexibility index (Phi) is 4.39. The van der Waals surface area contributed by atoms with Crippen LogP contribution in [0.1, 0.15) is 17.4 Å². The fraction of sp³-hybridized carbons (Fsp3) is 0.286. The number of hydrogen-bond donors (Lipinski definition) is 0. The molecule has 0 N–H and O–H groups in total. The van der Waals surface area contributed by atoms with Gasteiger partial charge in [0.25, 0.3) is 0 Å². The van der Waals surface area contributed by atoms with Crippen molar-refractivity contribution in [3.8, 4) is 0 Å². The molecule has 0 aliphatic heterocycles. The molecule has 1 aromatic heterocycles. The van der Waals surface area contributed by atoms with E-state index in [1.807, 2.05) is 43.5 Å². The van der Waals surface area contributed by atoms with Gasteiger partial charge in [-0.05, 0) is 30.0 Å². The van der Waals surface area contributed by atoms with Crippen LogP contribution in [-0.2, 0) is 16.6 Å². The summed E-state index contributed by atoms with van der Waals surface area (Å²) in [6.07, 6.45) is 0. The normalized spacial score (nSPS) is 11.9. The predicted molar refractivity (Wildman–Crippen MR) is 78.8 cm³/mol. The summed E-state index contributed by atoms with van der Waals surface area (Å²) >= 11 is 1.58. The monoisotopic (exact) mass is 295 g/mol. The maximum absolute atomic E-state index is 12.6. The molecular formula is C14H17NO2S2. The third-order valence-corrected chi connectivity index (χ3v) is 5.92. The van der Waals surface area contributed by atoms with Crippen molar-refractivity contribution in [1.29, 1.82) is 0 Å². The van der Waals surface area contributed by atoms with Crippen LogP contribution in [0, 0.1) is 6.92 Å². The smallest absolute Gasteiger partial charge is 0.207 e. The molecule has 102 valence electrons. The van der Waals surface area contributed by atoms with E-state index in [2.05, 4.69) is 0 Å². The van der Waals surface area contributed by atoms with Gasteiger partial charge < -0.3 is 0 Å². The standard InChI is InChI=1S/C14H17NO2S2/c1-3-15(11-13-8-6-10-18-13)19(16,17)14-9-5-4-7-12(14)2/h4-10H,3,11H2,1-2H3. The highest BCUT2D eigenvalue weighted by Gasteiger charge is 2.24. The van der Waals surface area contributed by atoms with Gasteiger partial charge in [-0.1, -0.05) is 31.2 Å². The largest absolute Gasteiger partial charge is 0.243 e. The van der Waals surface area contributed by atoms with E-state index in [0.29, 0.717) is 18.0 Å². The lowest BCUT2D eigenvalue weighted by Crippen LogP contribution is -2.30. The number of nitrogens with zero attached hydrogens (tertiary/aromatic N) is 1. The summed E-state index contributed by atoms with van der Waals surface area (Å²) in [6.45, 7) is 4.59. The summed E-state index contributed by atoms with van der Waals surface area (Å²) in [4.78, 5) is 1.45. The minimum Gasteiger partial charge on any atom is -0.207 e. The molecule has 0 fully saturated rings. The van der Waals surface area contributed by atoms with Crippen molar-refractivity contribution in [2.75, 3.05) is 6.54 Å². The molecule has 0 bridgehead atoms. The van der Waals surface area contributed by atoms with Crippen LogP contribution in [0.25, 0.3) is 0 Å². The third-order valence-electron chi connectivity index (χ3n) is 2.98. The molecule has 0 aliphatic rings. The van der Waals surface area contributed by atoms with Gasteiger partial charge in [0.15, 0.2) is 0 Å². The van der Waals surface area contributed by atoms with E-state index in [0.717, 1.165) is 10.4 Å². The number of rotatable bonds is 5. The van der Waals surface area contributed by atoms with E-state index in [9.17, 15) is 8.42 Å². The van der Waals surface area contributed by atoms with Crippen molar-refractivity contribution in [1.82, 2.24) is 4.31 Å². The Morgan fingerprint density at radius 3 is 2.47 bits per heavy atom. The first-order valence-corrected chi connectivity index (χ1v) is 8.46. The highest BCUT2D eigenvalue weighted by Crippen LogP contribution is 2.22. The zero-order valence-corrected chi connectivity index (χ0v) is 12.7. The molecule has 1 aromatic carbocycles. The first-order chi connectivity index (χ1) is 9.05. The molecule has 1 heterocycles. The van der Waals surface area contributed by atoms with Crippen molar-refractivity contribution in [2.24, 2.45) is 0 Å². The minimum atomic E-state index is -3.42. The van der Waals surface area contributed by atoms with Gasteiger partial charge in [-0.25, -0.2) is 8.42 Å². The van der Waals surface area contributed by atoms with Crippen molar-refractivity contribution in [3.63, 3.8) is 0 Å². The number of thiophene rings is 1. The van der Waals surface area contributed by atoms with E-state index >= 15 is 0 Å². The van der Waals surface area contributed by atoms with E-state index < -0.39 is 10.0 Å². The van der Waals surface area contributed by atoms with Gasteiger partial charge in [-0.15, -0.1) is 11.3 Å². The molecule has 0 saturated carbocycles. The van der Waals surface area contributed by atoms with Gasteiger partial charge >= 0.3 is 0 Å². The zero-order chi connectivity index (χ0) is 13.9. The lowest BCUT2D eigenvalue weighted by Gasteiger charge is -2.20. The summed E-state index contributed by atoms with van der Waals surface area (Å²) in [5.74, 6) is 0. The maximum atomic E-state index is 12.6. The SMILES string of the molecule is CCN(Cc1cccs1)S(=O)(=O)c1ccccc1C. The van der Waals surface area contributed by atoms with Crippen molar-refractivity contribution < 1.29 is 8.42 Å². The van der Waals surface area contributed by atoms with E-state index in [4.69, 9.17) is 0 Å². The quantitative estimate of drug-likeness (QED) is 0.849. The lowest BCUT2D eigenvalue weighted by molar-refractivity contribution is 0.426. The van der Waals surface area contributed by atoms with Crippen LogP contribution < -0.4 is 0 Å². The molecule has 0 spiro atoms. The highest BCUT2D eigenvalue weighted by atomic mass is 32.2. The number of hydrogen-bond acceptors (Lipinski definition) is 3. The fourth-order valence-corrected chi connectivity index (χ4v) is 4.38. The zero-order valence-electron chi connectivity index (χ0n) is 11.0. The van der Waals surface area contributed by atoms with E-state index in [1.54, 1.807) is 23.5 Å². The van der Waals surface area contributed by atoms with E-state index in [-0.39, 0.29) is 0 Å². The van der Waals surface area contributed by atoms with Crippen molar-refractivity contribution in [2.45, 2.75) is 25.3 Å². The van der Waals surface area contributed by atoms with Gasteiger partial charge in [-0.2, -0.15) is 4.31 Å². The Bertz CT molecular complexity index is 633. The first-order valence-electron chi connectivity index (χ1n) is 6.14. The van der Waals surface area contributed by atoms with Gasteiger partial charge in [0.1, 0.15) is 0 Å². The molecule has 2 aromatic rings. The van der Waals surface area contributed by atoms with Crippen molar-refractivity contribution >= 4 is 21.4 Å². The van der Waals surface area contributed by atoms with Crippen LogP contribution in [0.4, 0.5) is 0 Å². The molecule has 0 radical (unpaired) electrons. The number of aryl methyl sites for hydroxylation is 1. The van der Waals surface area contributed by atoms with Crippen LogP contribution in [0.3, 0.4) is 0 Å². The molecule has 0 saturated heterocycles. The van der Waals surface area contributed by atoms with Crippen molar-refractivity contribution in [3.05, 3.63) is 52.2 Å². The van der Waals surface area contributed by atoms with Gasteiger partial charge in [0.05, 0.1) is 4.90 Å². The number of sulfonamides is 1. The summed E-state index contributed by atoms with van der Waals surface area (Å²) in [6, 6.07) is 11.0. The van der Waals surface area contributed by atoms with Crippen LogP contribution >= 0.6 is 11.3 Å².